The summed E-state index contributed by atoms with van der Waals surface area (Å²) in [6.07, 6.45) is 0. The molecule has 0 aliphatic rings. The number of nitrogens with zero attached hydrogens (tertiary/aromatic N) is 2. The minimum atomic E-state index is 0.141. The molecule has 1 aromatic rings. The Morgan fingerprint density at radius 1 is 1.41 bits per heavy atom. The zero-order chi connectivity index (χ0) is 13.0. The predicted molar refractivity (Wildman–Crippen MR) is 71.2 cm³/mol. The van der Waals surface area contributed by atoms with E-state index in [1.165, 1.54) is 0 Å². The maximum atomic E-state index is 9.16. The number of nitrogens with two attached hydrogens (primary N) is 1. The Hall–Kier alpha value is -1.13. The van der Waals surface area contributed by atoms with Gasteiger partial charge in [0.2, 0.25) is 0 Å². The minimum absolute atomic E-state index is 0.141. The smallest absolute Gasteiger partial charge is 0.0606 e. The topological polar surface area (TPSA) is 62.4 Å². The first-order chi connectivity index (χ1) is 8.01. The Kier molecular flexibility index (Phi) is 4.90. The van der Waals surface area contributed by atoms with Gasteiger partial charge >= 0.3 is 0 Å². The van der Waals surface area contributed by atoms with Gasteiger partial charge in [0.05, 0.1) is 6.61 Å². The maximum absolute atomic E-state index is 9.16. The lowest BCUT2D eigenvalue weighted by atomic mass is 10.1. The monoisotopic (exact) mass is 237 g/mol. The van der Waals surface area contributed by atoms with Crippen LogP contribution in [0.2, 0.25) is 0 Å². The quantitative estimate of drug-likeness (QED) is 0.812. The Balaban J connectivity index is 3.25. The molecule has 1 heterocycles. The fourth-order valence-corrected chi connectivity index (χ4v) is 2.11. The average Bonchev–Trinajstić information content (AvgIpc) is 2.24. The molecule has 0 radical (unpaired) electrons. The lowest BCUT2D eigenvalue weighted by molar-refractivity contribution is 0.299. The van der Waals surface area contributed by atoms with E-state index < -0.39 is 0 Å². The van der Waals surface area contributed by atoms with Crippen molar-refractivity contribution in [1.29, 1.82) is 0 Å². The molecule has 0 bridgehead atoms. The van der Waals surface area contributed by atoms with Gasteiger partial charge in [-0.05, 0) is 33.8 Å². The van der Waals surface area contributed by atoms with E-state index in [1.54, 1.807) is 0 Å². The van der Waals surface area contributed by atoms with Gasteiger partial charge in [-0.1, -0.05) is 0 Å². The average molecular weight is 237 g/mol. The first-order valence-electron chi connectivity index (χ1n) is 6.06. The van der Waals surface area contributed by atoms with Crippen LogP contribution >= 0.6 is 0 Å². The van der Waals surface area contributed by atoms with Crippen molar-refractivity contribution in [2.24, 2.45) is 5.73 Å². The lowest BCUT2D eigenvalue weighted by Crippen LogP contribution is -2.34. The molecule has 0 atom stereocenters. The Morgan fingerprint density at radius 2 is 2.06 bits per heavy atom. The van der Waals surface area contributed by atoms with Crippen molar-refractivity contribution >= 4 is 5.69 Å². The van der Waals surface area contributed by atoms with Crippen LogP contribution in [0.3, 0.4) is 0 Å². The molecule has 4 heteroatoms. The zero-order valence-electron chi connectivity index (χ0n) is 11.2. The van der Waals surface area contributed by atoms with Gasteiger partial charge in [-0.25, -0.2) is 0 Å². The van der Waals surface area contributed by atoms with Crippen LogP contribution in [0.1, 0.15) is 30.8 Å². The van der Waals surface area contributed by atoms with Gasteiger partial charge in [0.15, 0.2) is 0 Å². The number of pyridine rings is 1. The summed E-state index contributed by atoms with van der Waals surface area (Å²) in [5.74, 6) is 0. The standard InChI is InChI=1S/C13H23N3O/c1-9(2)16(5-6-17)13-7-10(3)15-11(4)12(13)8-14/h7,9,17H,5-6,8,14H2,1-4H3. The van der Waals surface area contributed by atoms with Crippen molar-refractivity contribution in [3.8, 4) is 0 Å². The molecule has 0 saturated heterocycles. The highest BCUT2D eigenvalue weighted by Crippen LogP contribution is 2.25. The fourth-order valence-electron chi connectivity index (χ4n) is 2.11. The molecule has 1 aromatic heterocycles. The van der Waals surface area contributed by atoms with Crippen LogP contribution < -0.4 is 10.6 Å². The molecule has 0 unspecified atom stereocenters. The maximum Gasteiger partial charge on any atom is 0.0606 e. The Morgan fingerprint density at radius 3 is 2.53 bits per heavy atom. The minimum Gasteiger partial charge on any atom is -0.395 e. The number of aliphatic hydroxyl groups is 1. The first-order valence-corrected chi connectivity index (χ1v) is 6.06. The number of aliphatic hydroxyl groups excluding tert-OH is 1. The predicted octanol–water partition coefficient (Wildman–Crippen LogP) is 1.36. The SMILES string of the molecule is Cc1cc(N(CCO)C(C)C)c(CN)c(C)n1. The van der Waals surface area contributed by atoms with Gasteiger partial charge in [0.1, 0.15) is 0 Å². The van der Waals surface area contributed by atoms with E-state index in [2.05, 4.69) is 23.7 Å². The number of aryl methyl sites for hydroxylation is 2. The van der Waals surface area contributed by atoms with Crippen LogP contribution in [0, 0.1) is 13.8 Å². The summed E-state index contributed by atoms with van der Waals surface area (Å²) in [5.41, 5.74) is 9.93. The molecular weight excluding hydrogens is 214 g/mol. The van der Waals surface area contributed by atoms with Crippen molar-refractivity contribution in [2.45, 2.75) is 40.3 Å². The third-order valence-electron chi connectivity index (χ3n) is 2.91. The van der Waals surface area contributed by atoms with Crippen LogP contribution in [-0.4, -0.2) is 29.3 Å². The number of hydrogen-bond acceptors (Lipinski definition) is 4. The molecule has 0 saturated carbocycles. The molecule has 17 heavy (non-hydrogen) atoms. The van der Waals surface area contributed by atoms with Crippen LogP contribution in [0.4, 0.5) is 5.69 Å². The van der Waals surface area contributed by atoms with Crippen LogP contribution in [0.25, 0.3) is 0 Å². The molecule has 3 N–H and O–H groups in total. The third kappa shape index (κ3) is 3.17. The molecule has 0 aliphatic carbocycles. The van der Waals surface area contributed by atoms with Gasteiger partial charge in [-0.2, -0.15) is 0 Å². The zero-order valence-corrected chi connectivity index (χ0v) is 11.2. The lowest BCUT2D eigenvalue weighted by Gasteiger charge is -2.31. The summed E-state index contributed by atoms with van der Waals surface area (Å²) >= 11 is 0. The Bertz CT molecular complexity index is 377. The van der Waals surface area contributed by atoms with Crippen molar-refractivity contribution in [3.63, 3.8) is 0 Å². The molecule has 4 nitrogen and oxygen atoms in total. The molecule has 1 rings (SSSR count). The second-order valence-electron chi connectivity index (χ2n) is 4.56. The molecule has 0 aliphatic heterocycles. The normalized spacial score (nSPS) is 11.0. The molecule has 0 spiro atoms. The number of hydrogen-bond donors (Lipinski definition) is 2. The summed E-state index contributed by atoms with van der Waals surface area (Å²) in [6, 6.07) is 2.37. The van der Waals surface area contributed by atoms with Crippen molar-refractivity contribution in [2.75, 3.05) is 18.1 Å². The van der Waals surface area contributed by atoms with Gasteiger partial charge in [-0.3, -0.25) is 4.98 Å². The Labute approximate surface area is 103 Å². The highest BCUT2D eigenvalue weighted by molar-refractivity contribution is 5.56. The van der Waals surface area contributed by atoms with Crippen LogP contribution in [-0.2, 0) is 6.54 Å². The van der Waals surface area contributed by atoms with Crippen molar-refractivity contribution < 1.29 is 5.11 Å². The summed E-state index contributed by atoms with van der Waals surface area (Å²) in [5, 5.41) is 9.16. The van der Waals surface area contributed by atoms with Gasteiger partial charge < -0.3 is 15.7 Å². The second kappa shape index (κ2) is 5.98. The van der Waals surface area contributed by atoms with Gasteiger partial charge in [0, 0.05) is 41.8 Å². The van der Waals surface area contributed by atoms with Crippen LogP contribution in [0.15, 0.2) is 6.07 Å². The van der Waals surface area contributed by atoms with E-state index in [9.17, 15) is 0 Å². The highest BCUT2D eigenvalue weighted by Gasteiger charge is 2.16. The van der Waals surface area contributed by atoms with E-state index in [-0.39, 0.29) is 6.61 Å². The van der Waals surface area contributed by atoms with E-state index in [0.29, 0.717) is 19.1 Å². The van der Waals surface area contributed by atoms with Crippen LogP contribution in [0.5, 0.6) is 0 Å². The largest absolute Gasteiger partial charge is 0.395 e. The number of rotatable bonds is 5. The summed E-state index contributed by atoms with van der Waals surface area (Å²) in [4.78, 5) is 6.61. The van der Waals surface area contributed by atoms with Gasteiger partial charge in [0.25, 0.3) is 0 Å². The fraction of sp³-hybridized carbons (Fsp3) is 0.615. The summed E-state index contributed by atoms with van der Waals surface area (Å²) < 4.78 is 0. The third-order valence-corrected chi connectivity index (χ3v) is 2.91. The molecule has 0 fully saturated rings. The van der Waals surface area contributed by atoms with Gasteiger partial charge in [-0.15, -0.1) is 0 Å². The number of aromatic nitrogens is 1. The molecular formula is C13H23N3O. The van der Waals surface area contributed by atoms with E-state index in [4.69, 9.17) is 10.8 Å². The molecule has 0 amide bonds. The van der Waals surface area contributed by atoms with Crippen molar-refractivity contribution in [1.82, 2.24) is 4.98 Å². The van der Waals surface area contributed by atoms with Crippen molar-refractivity contribution in [3.05, 3.63) is 23.0 Å². The highest BCUT2D eigenvalue weighted by atomic mass is 16.3. The van der Waals surface area contributed by atoms with E-state index >= 15 is 0 Å². The first kappa shape index (κ1) is 13.9. The number of anilines is 1. The summed E-state index contributed by atoms with van der Waals surface area (Å²) in [7, 11) is 0. The molecule has 0 aromatic carbocycles. The van der Waals surface area contributed by atoms with E-state index in [0.717, 1.165) is 22.6 Å². The molecule has 96 valence electrons. The summed E-state index contributed by atoms with van der Waals surface area (Å²) in [6.45, 7) is 9.42. The van der Waals surface area contributed by atoms with E-state index in [1.807, 2.05) is 19.9 Å². The second-order valence-corrected chi connectivity index (χ2v) is 4.56.